The van der Waals surface area contributed by atoms with Gasteiger partial charge in [0.25, 0.3) is 0 Å². The molecule has 0 bridgehead atoms. The summed E-state index contributed by atoms with van der Waals surface area (Å²) in [5.41, 5.74) is 0.937. The number of aliphatic hydroxyl groups is 1. The van der Waals surface area contributed by atoms with Crippen LogP contribution in [-0.2, 0) is 11.3 Å². The molecule has 0 radical (unpaired) electrons. The van der Waals surface area contributed by atoms with Gasteiger partial charge >= 0.3 is 0 Å². The van der Waals surface area contributed by atoms with Crippen LogP contribution in [0.25, 0.3) is 0 Å². The van der Waals surface area contributed by atoms with E-state index in [2.05, 4.69) is 21.8 Å². The van der Waals surface area contributed by atoms with Crippen LogP contribution in [0, 0.1) is 12.8 Å². The van der Waals surface area contributed by atoms with E-state index in [1.165, 1.54) is 0 Å². The summed E-state index contributed by atoms with van der Waals surface area (Å²) in [6.45, 7) is 5.69. The molecule has 1 aliphatic heterocycles. The van der Waals surface area contributed by atoms with Crippen LogP contribution >= 0.6 is 0 Å². The van der Waals surface area contributed by atoms with Gasteiger partial charge in [0.15, 0.2) is 5.82 Å². The Hall–Kier alpha value is -1.20. The van der Waals surface area contributed by atoms with E-state index < -0.39 is 0 Å². The van der Waals surface area contributed by atoms with Gasteiger partial charge in [0.2, 0.25) is 0 Å². The van der Waals surface area contributed by atoms with Crippen LogP contribution in [0.5, 0.6) is 0 Å². The van der Waals surface area contributed by atoms with Crippen molar-refractivity contribution in [2.75, 3.05) is 25.2 Å². The van der Waals surface area contributed by atoms with Crippen LogP contribution in [0.4, 0.5) is 5.82 Å². The van der Waals surface area contributed by atoms with Gasteiger partial charge in [-0.15, -0.1) is 0 Å². The molecule has 2 atom stereocenters. The first-order valence-corrected chi connectivity index (χ1v) is 6.86. The minimum Gasteiger partial charge on any atom is -0.394 e. The molecule has 1 aromatic heterocycles. The van der Waals surface area contributed by atoms with E-state index in [1.54, 1.807) is 7.11 Å². The van der Waals surface area contributed by atoms with Crippen LogP contribution in [0.2, 0.25) is 0 Å². The van der Waals surface area contributed by atoms with E-state index in [0.29, 0.717) is 18.3 Å². The Bertz CT molecular complexity index is 425. The second-order valence-corrected chi connectivity index (χ2v) is 5.28. The van der Waals surface area contributed by atoms with E-state index in [1.807, 2.05) is 13.0 Å². The van der Waals surface area contributed by atoms with Gasteiger partial charge in [0, 0.05) is 25.4 Å². The Balaban J connectivity index is 2.28. The van der Waals surface area contributed by atoms with Gasteiger partial charge in [-0.1, -0.05) is 6.92 Å². The van der Waals surface area contributed by atoms with E-state index in [0.717, 1.165) is 30.9 Å². The quantitative estimate of drug-likeness (QED) is 0.894. The van der Waals surface area contributed by atoms with Crippen LogP contribution in [0.1, 0.15) is 31.3 Å². The third-order valence-electron chi connectivity index (χ3n) is 3.76. The summed E-state index contributed by atoms with van der Waals surface area (Å²) in [5.74, 6) is 2.09. The van der Waals surface area contributed by atoms with Gasteiger partial charge in [-0.2, -0.15) is 0 Å². The zero-order valence-corrected chi connectivity index (χ0v) is 12.0. The Kier molecular flexibility index (Phi) is 4.71. The van der Waals surface area contributed by atoms with Gasteiger partial charge in [-0.05, 0) is 25.7 Å². The normalized spacial score (nSPS) is 23.7. The number of ether oxygens (including phenoxy) is 1. The molecule has 0 amide bonds. The topological polar surface area (TPSA) is 58.5 Å². The molecule has 19 heavy (non-hydrogen) atoms. The molecule has 1 aromatic rings. The predicted octanol–water partition coefficient (Wildman–Crippen LogP) is 1.53. The van der Waals surface area contributed by atoms with Crippen LogP contribution in [0.3, 0.4) is 0 Å². The van der Waals surface area contributed by atoms with Crippen molar-refractivity contribution >= 4 is 5.82 Å². The molecule has 1 saturated heterocycles. The lowest BCUT2D eigenvalue weighted by Crippen LogP contribution is -2.47. The first kappa shape index (κ1) is 14.2. The third-order valence-corrected chi connectivity index (χ3v) is 3.76. The number of rotatable bonds is 4. The summed E-state index contributed by atoms with van der Waals surface area (Å²) in [4.78, 5) is 11.1. The Morgan fingerprint density at radius 3 is 2.95 bits per heavy atom. The molecule has 2 heterocycles. The first-order valence-electron chi connectivity index (χ1n) is 6.86. The van der Waals surface area contributed by atoms with Crippen LogP contribution in [0.15, 0.2) is 6.07 Å². The second kappa shape index (κ2) is 6.30. The minimum absolute atomic E-state index is 0.151. The predicted molar refractivity (Wildman–Crippen MR) is 74.1 cm³/mol. The molecule has 0 saturated carbocycles. The lowest BCUT2D eigenvalue weighted by molar-refractivity contribution is 0.177. The number of aromatic nitrogens is 2. The standard InChI is InChI=1S/C14H23N3O2/c1-10-5-4-6-17(12(10)8-18)14-7-11(2)15-13(16-14)9-19-3/h7,10,12,18H,4-6,8-9H2,1-3H3/t10-,12+/m0/s1. The summed E-state index contributed by atoms with van der Waals surface area (Å²) in [7, 11) is 1.64. The zero-order valence-electron chi connectivity index (χ0n) is 12.0. The maximum absolute atomic E-state index is 9.63. The van der Waals surface area contributed by atoms with E-state index in [9.17, 15) is 5.11 Å². The number of hydrogen-bond donors (Lipinski definition) is 1. The summed E-state index contributed by atoms with van der Waals surface area (Å²) in [5, 5.41) is 9.63. The maximum Gasteiger partial charge on any atom is 0.156 e. The Morgan fingerprint density at radius 2 is 2.26 bits per heavy atom. The molecular formula is C14H23N3O2. The van der Waals surface area contributed by atoms with Crippen molar-refractivity contribution in [3.8, 4) is 0 Å². The fourth-order valence-corrected chi connectivity index (χ4v) is 2.76. The SMILES string of the molecule is COCc1nc(C)cc(N2CCC[C@H](C)[C@H]2CO)n1. The molecule has 5 heteroatoms. The molecule has 0 aromatic carbocycles. The molecule has 2 rings (SSSR count). The van der Waals surface area contributed by atoms with Crippen LogP contribution < -0.4 is 4.90 Å². The highest BCUT2D eigenvalue weighted by molar-refractivity contribution is 5.42. The van der Waals surface area contributed by atoms with Crippen molar-refractivity contribution in [3.05, 3.63) is 17.6 Å². The highest BCUT2D eigenvalue weighted by atomic mass is 16.5. The van der Waals surface area contributed by atoms with E-state index in [4.69, 9.17) is 4.74 Å². The lowest BCUT2D eigenvalue weighted by atomic mass is 9.91. The molecule has 0 unspecified atom stereocenters. The van der Waals surface area contributed by atoms with E-state index >= 15 is 0 Å². The maximum atomic E-state index is 9.63. The molecule has 1 fully saturated rings. The van der Waals surface area contributed by atoms with Crippen molar-refractivity contribution in [2.45, 2.75) is 39.3 Å². The largest absolute Gasteiger partial charge is 0.394 e. The third kappa shape index (κ3) is 3.22. The molecule has 106 valence electrons. The molecule has 1 aliphatic rings. The summed E-state index contributed by atoms with van der Waals surface area (Å²) >= 11 is 0. The van der Waals surface area contributed by atoms with Gasteiger partial charge in [-0.25, -0.2) is 9.97 Å². The number of hydrogen-bond acceptors (Lipinski definition) is 5. The van der Waals surface area contributed by atoms with Gasteiger partial charge < -0.3 is 14.7 Å². The summed E-state index contributed by atoms with van der Waals surface area (Å²) in [6, 6.07) is 2.14. The van der Waals surface area contributed by atoms with Crippen molar-refractivity contribution in [1.29, 1.82) is 0 Å². The number of methoxy groups -OCH3 is 1. The monoisotopic (exact) mass is 265 g/mol. The van der Waals surface area contributed by atoms with Gasteiger partial charge in [0.1, 0.15) is 12.4 Å². The molecule has 5 nitrogen and oxygen atoms in total. The highest BCUT2D eigenvalue weighted by Gasteiger charge is 2.29. The second-order valence-electron chi connectivity index (χ2n) is 5.28. The molecule has 0 aliphatic carbocycles. The Morgan fingerprint density at radius 1 is 1.47 bits per heavy atom. The zero-order chi connectivity index (χ0) is 13.8. The molecular weight excluding hydrogens is 242 g/mol. The smallest absolute Gasteiger partial charge is 0.156 e. The van der Waals surface area contributed by atoms with Crippen LogP contribution in [-0.4, -0.2) is 41.4 Å². The average Bonchev–Trinajstić information content (AvgIpc) is 2.38. The number of piperidine rings is 1. The summed E-state index contributed by atoms with van der Waals surface area (Å²) in [6.07, 6.45) is 2.30. The number of nitrogens with zero attached hydrogens (tertiary/aromatic N) is 3. The molecule has 1 N–H and O–H groups in total. The number of aliphatic hydroxyl groups excluding tert-OH is 1. The van der Waals surface area contributed by atoms with Gasteiger partial charge in [-0.3, -0.25) is 0 Å². The van der Waals surface area contributed by atoms with Crippen molar-refractivity contribution < 1.29 is 9.84 Å². The fraction of sp³-hybridized carbons (Fsp3) is 0.714. The van der Waals surface area contributed by atoms with Crippen molar-refractivity contribution in [2.24, 2.45) is 5.92 Å². The van der Waals surface area contributed by atoms with Crippen molar-refractivity contribution in [3.63, 3.8) is 0 Å². The lowest BCUT2D eigenvalue weighted by Gasteiger charge is -2.40. The average molecular weight is 265 g/mol. The number of aryl methyl sites for hydroxylation is 1. The fourth-order valence-electron chi connectivity index (χ4n) is 2.76. The van der Waals surface area contributed by atoms with E-state index in [-0.39, 0.29) is 12.6 Å². The number of anilines is 1. The summed E-state index contributed by atoms with van der Waals surface area (Å²) < 4.78 is 5.11. The van der Waals surface area contributed by atoms with Gasteiger partial charge in [0.05, 0.1) is 12.6 Å². The highest BCUT2D eigenvalue weighted by Crippen LogP contribution is 2.27. The minimum atomic E-state index is 0.151. The van der Waals surface area contributed by atoms with Crippen molar-refractivity contribution in [1.82, 2.24) is 9.97 Å². The molecule has 0 spiro atoms. The Labute approximate surface area is 114 Å². The first-order chi connectivity index (χ1) is 9.15.